The molecular formula is C11H12F3N. The van der Waals surface area contributed by atoms with Crippen LogP contribution in [0.25, 0.3) is 0 Å². The van der Waals surface area contributed by atoms with E-state index in [4.69, 9.17) is 5.73 Å². The van der Waals surface area contributed by atoms with Gasteiger partial charge in [-0.15, -0.1) is 0 Å². The van der Waals surface area contributed by atoms with Crippen LogP contribution in [0.1, 0.15) is 16.7 Å². The van der Waals surface area contributed by atoms with E-state index in [0.29, 0.717) is 24.9 Å². The number of alkyl halides is 3. The first-order chi connectivity index (χ1) is 7.02. The molecule has 0 spiro atoms. The summed E-state index contributed by atoms with van der Waals surface area (Å²) in [5, 5.41) is 0. The van der Waals surface area contributed by atoms with Gasteiger partial charge < -0.3 is 5.73 Å². The lowest BCUT2D eigenvalue weighted by Gasteiger charge is -2.11. The third kappa shape index (κ3) is 1.86. The Labute approximate surface area is 86.1 Å². The van der Waals surface area contributed by atoms with Gasteiger partial charge in [-0.25, -0.2) is 0 Å². The largest absolute Gasteiger partial charge is 0.416 e. The van der Waals surface area contributed by atoms with Crippen LogP contribution in [0.2, 0.25) is 0 Å². The zero-order valence-electron chi connectivity index (χ0n) is 8.14. The number of nitrogens with two attached hydrogens (primary N) is 1. The maximum absolute atomic E-state index is 12.6. The van der Waals surface area contributed by atoms with Gasteiger partial charge in [0.2, 0.25) is 0 Å². The highest BCUT2D eigenvalue weighted by atomic mass is 19.4. The van der Waals surface area contributed by atoms with E-state index in [1.54, 1.807) is 6.07 Å². The summed E-state index contributed by atoms with van der Waals surface area (Å²) in [6, 6.07) is 4.39. The highest BCUT2D eigenvalue weighted by Gasteiger charge is 2.36. The van der Waals surface area contributed by atoms with Gasteiger partial charge in [0.15, 0.2) is 0 Å². The molecule has 1 nitrogen and oxygen atoms in total. The quantitative estimate of drug-likeness (QED) is 0.764. The molecule has 0 aromatic heterocycles. The Balaban J connectivity index is 2.42. The molecule has 0 bridgehead atoms. The first-order valence-electron chi connectivity index (χ1n) is 4.90. The van der Waals surface area contributed by atoms with Crippen LogP contribution in [-0.2, 0) is 19.0 Å². The minimum absolute atomic E-state index is 0.170. The van der Waals surface area contributed by atoms with E-state index in [9.17, 15) is 13.2 Å². The average molecular weight is 215 g/mol. The van der Waals surface area contributed by atoms with E-state index in [2.05, 4.69) is 0 Å². The first kappa shape index (κ1) is 10.5. The Bertz CT molecular complexity index is 371. The van der Waals surface area contributed by atoms with Crippen LogP contribution >= 0.6 is 0 Å². The summed E-state index contributed by atoms with van der Waals surface area (Å²) in [6.45, 7) is 0.450. The Morgan fingerprint density at radius 1 is 1.27 bits per heavy atom. The Morgan fingerprint density at radius 2 is 2.00 bits per heavy atom. The number of halogens is 3. The Hall–Kier alpha value is -1.03. The molecule has 1 aromatic rings. The number of hydrogen-bond acceptors (Lipinski definition) is 1. The molecule has 0 fully saturated rings. The molecule has 1 aliphatic carbocycles. The summed E-state index contributed by atoms with van der Waals surface area (Å²) in [4.78, 5) is 0. The van der Waals surface area contributed by atoms with Gasteiger partial charge in [0.1, 0.15) is 0 Å². The van der Waals surface area contributed by atoms with Crippen molar-refractivity contribution in [1.29, 1.82) is 0 Å². The van der Waals surface area contributed by atoms with E-state index in [-0.39, 0.29) is 5.92 Å². The second kappa shape index (κ2) is 3.52. The molecule has 4 heteroatoms. The Kier molecular flexibility index (Phi) is 2.46. The zero-order valence-corrected chi connectivity index (χ0v) is 8.14. The first-order valence-corrected chi connectivity index (χ1v) is 4.90. The normalized spacial score (nSPS) is 20.4. The average Bonchev–Trinajstić information content (AvgIpc) is 2.57. The SMILES string of the molecule is NCC1Cc2cccc(C(F)(F)F)c2C1. The highest BCUT2D eigenvalue weighted by Crippen LogP contribution is 2.38. The van der Waals surface area contributed by atoms with Crippen molar-refractivity contribution in [2.45, 2.75) is 19.0 Å². The molecule has 0 heterocycles. The molecule has 0 radical (unpaired) electrons. The molecule has 1 atom stereocenters. The Morgan fingerprint density at radius 3 is 2.60 bits per heavy atom. The minimum Gasteiger partial charge on any atom is -0.330 e. The molecule has 0 saturated heterocycles. The second-order valence-electron chi connectivity index (χ2n) is 3.95. The van der Waals surface area contributed by atoms with Crippen LogP contribution in [-0.4, -0.2) is 6.54 Å². The molecule has 15 heavy (non-hydrogen) atoms. The maximum atomic E-state index is 12.6. The van der Waals surface area contributed by atoms with Crippen molar-refractivity contribution in [2.24, 2.45) is 11.7 Å². The van der Waals surface area contributed by atoms with E-state index >= 15 is 0 Å². The number of hydrogen-bond donors (Lipinski definition) is 1. The monoisotopic (exact) mass is 215 g/mol. The molecular weight excluding hydrogens is 203 g/mol. The number of fused-ring (bicyclic) bond motifs is 1. The van der Waals surface area contributed by atoms with Gasteiger partial charge in [0.05, 0.1) is 5.56 Å². The van der Waals surface area contributed by atoms with Gasteiger partial charge in [-0.3, -0.25) is 0 Å². The minimum atomic E-state index is -4.24. The molecule has 2 N–H and O–H groups in total. The molecule has 0 aliphatic heterocycles. The predicted octanol–water partition coefficient (Wildman–Crippen LogP) is 2.38. The fraction of sp³-hybridized carbons (Fsp3) is 0.455. The van der Waals surface area contributed by atoms with E-state index < -0.39 is 11.7 Å². The molecule has 0 amide bonds. The van der Waals surface area contributed by atoms with Crippen LogP contribution < -0.4 is 5.73 Å². The van der Waals surface area contributed by atoms with Crippen LogP contribution in [0, 0.1) is 5.92 Å². The number of rotatable bonds is 1. The summed E-state index contributed by atoms with van der Waals surface area (Å²) < 4.78 is 37.9. The summed E-state index contributed by atoms with van der Waals surface area (Å²) in [5.41, 5.74) is 6.25. The summed E-state index contributed by atoms with van der Waals surface area (Å²) in [5.74, 6) is 0.170. The van der Waals surface area contributed by atoms with Crippen LogP contribution in [0.4, 0.5) is 13.2 Å². The third-order valence-electron chi connectivity index (χ3n) is 2.91. The summed E-state index contributed by atoms with van der Waals surface area (Å²) in [7, 11) is 0. The van der Waals surface area contributed by atoms with Gasteiger partial charge in [-0.2, -0.15) is 13.2 Å². The van der Waals surface area contributed by atoms with Crippen LogP contribution in [0.15, 0.2) is 18.2 Å². The molecule has 2 rings (SSSR count). The maximum Gasteiger partial charge on any atom is 0.416 e. The van der Waals surface area contributed by atoms with Crippen LogP contribution in [0.5, 0.6) is 0 Å². The van der Waals surface area contributed by atoms with Crippen LogP contribution in [0.3, 0.4) is 0 Å². The summed E-state index contributed by atoms with van der Waals surface area (Å²) in [6.07, 6.45) is -3.11. The molecule has 1 aliphatic rings. The van der Waals surface area contributed by atoms with Gasteiger partial charge in [0.25, 0.3) is 0 Å². The lowest BCUT2D eigenvalue weighted by molar-refractivity contribution is -0.138. The zero-order chi connectivity index (χ0) is 11.1. The smallest absolute Gasteiger partial charge is 0.330 e. The topological polar surface area (TPSA) is 26.0 Å². The van der Waals surface area contributed by atoms with Crippen molar-refractivity contribution < 1.29 is 13.2 Å². The van der Waals surface area contributed by atoms with Crippen molar-refractivity contribution in [1.82, 2.24) is 0 Å². The highest BCUT2D eigenvalue weighted by molar-refractivity contribution is 5.40. The van der Waals surface area contributed by atoms with E-state index in [1.165, 1.54) is 6.07 Å². The van der Waals surface area contributed by atoms with Crippen molar-refractivity contribution in [3.63, 3.8) is 0 Å². The van der Waals surface area contributed by atoms with Crippen molar-refractivity contribution in [3.05, 3.63) is 34.9 Å². The molecule has 1 aromatic carbocycles. The van der Waals surface area contributed by atoms with Gasteiger partial charge >= 0.3 is 6.18 Å². The lowest BCUT2D eigenvalue weighted by Crippen LogP contribution is -2.14. The predicted molar refractivity (Wildman–Crippen MR) is 51.4 cm³/mol. The summed E-state index contributed by atoms with van der Waals surface area (Å²) >= 11 is 0. The fourth-order valence-electron chi connectivity index (χ4n) is 2.17. The second-order valence-corrected chi connectivity index (χ2v) is 3.95. The van der Waals surface area contributed by atoms with Crippen molar-refractivity contribution in [2.75, 3.05) is 6.54 Å². The third-order valence-corrected chi connectivity index (χ3v) is 2.91. The van der Waals surface area contributed by atoms with E-state index in [0.717, 1.165) is 11.6 Å². The molecule has 82 valence electrons. The van der Waals surface area contributed by atoms with Gasteiger partial charge in [0, 0.05) is 0 Å². The molecule has 0 saturated carbocycles. The fourth-order valence-corrected chi connectivity index (χ4v) is 2.17. The molecule has 1 unspecified atom stereocenters. The van der Waals surface area contributed by atoms with E-state index in [1.807, 2.05) is 0 Å². The van der Waals surface area contributed by atoms with Crippen molar-refractivity contribution >= 4 is 0 Å². The number of benzene rings is 1. The standard InChI is InChI=1S/C11H12F3N/c12-11(13,14)10-3-1-2-8-4-7(6-15)5-9(8)10/h1-3,7H,4-6,15H2. The van der Waals surface area contributed by atoms with Gasteiger partial charge in [-0.05, 0) is 42.5 Å². The van der Waals surface area contributed by atoms with Crippen molar-refractivity contribution in [3.8, 4) is 0 Å². The lowest BCUT2D eigenvalue weighted by atomic mass is 10.0. The van der Waals surface area contributed by atoms with Gasteiger partial charge in [-0.1, -0.05) is 12.1 Å².